The Labute approximate surface area is 172 Å². The highest BCUT2D eigenvalue weighted by Crippen LogP contribution is 2.32. The van der Waals surface area contributed by atoms with Crippen LogP contribution in [0.2, 0.25) is 0 Å². The number of carbonyl (C=O) groups excluding carboxylic acids is 2. The summed E-state index contributed by atoms with van der Waals surface area (Å²) in [5.74, 6) is 1.13. The number of rotatable bonds is 5. The van der Waals surface area contributed by atoms with Gasteiger partial charge in [-0.1, -0.05) is 27.7 Å². The van der Waals surface area contributed by atoms with Gasteiger partial charge in [0.15, 0.2) is 0 Å². The second-order valence-electron chi connectivity index (χ2n) is 8.72. The third-order valence-corrected chi connectivity index (χ3v) is 6.47. The van der Waals surface area contributed by atoms with Crippen LogP contribution in [0.1, 0.15) is 79.1 Å². The third kappa shape index (κ3) is 6.55. The largest absolute Gasteiger partial charge is 0.375 e. The van der Waals surface area contributed by atoms with E-state index < -0.39 is 0 Å². The number of Topliss-reactive ketones (excluding diaryl/α,β-unsaturated/α-hetero) is 1. The fourth-order valence-corrected chi connectivity index (χ4v) is 4.77. The van der Waals surface area contributed by atoms with E-state index in [0.717, 1.165) is 77.5 Å². The third-order valence-electron chi connectivity index (χ3n) is 6.47. The van der Waals surface area contributed by atoms with Crippen LogP contribution in [0, 0.1) is 17.8 Å². The number of ether oxygens (including phenoxy) is 1. The monoisotopic (exact) mass is 394 g/mol. The Morgan fingerprint density at radius 2 is 1.32 bits per heavy atom. The molecule has 0 atom stereocenters. The molecule has 0 unspecified atom stereocenters. The molecule has 162 valence electrons. The van der Waals surface area contributed by atoms with E-state index >= 15 is 0 Å². The number of nitrogens with one attached hydrogen (secondary N) is 1. The van der Waals surface area contributed by atoms with Gasteiger partial charge < -0.3 is 15.0 Å². The van der Waals surface area contributed by atoms with Crippen LogP contribution in [0.15, 0.2) is 0 Å². The predicted octanol–water partition coefficient (Wildman–Crippen LogP) is 3.80. The molecule has 1 amide bonds. The average Bonchev–Trinajstić information content (AvgIpc) is 2.75. The first-order valence-electron chi connectivity index (χ1n) is 11.7. The Morgan fingerprint density at radius 3 is 1.86 bits per heavy atom. The van der Waals surface area contributed by atoms with Gasteiger partial charge in [-0.25, -0.2) is 0 Å². The van der Waals surface area contributed by atoms with Crippen LogP contribution in [-0.4, -0.2) is 55.0 Å². The molecule has 5 nitrogen and oxygen atoms in total. The molecule has 0 radical (unpaired) electrons. The Bertz CT molecular complexity index is 472. The van der Waals surface area contributed by atoms with Crippen molar-refractivity contribution in [2.24, 2.45) is 17.8 Å². The Balaban J connectivity index is 0.00000136. The number of likely N-dealkylation sites (tertiary alicyclic amines) is 1. The Kier molecular flexibility index (Phi) is 9.93. The topological polar surface area (TPSA) is 58.6 Å². The lowest BCUT2D eigenvalue weighted by atomic mass is 9.77. The van der Waals surface area contributed by atoms with Crippen molar-refractivity contribution in [2.75, 3.05) is 26.2 Å². The van der Waals surface area contributed by atoms with Crippen LogP contribution in [0.3, 0.4) is 0 Å². The van der Waals surface area contributed by atoms with Crippen molar-refractivity contribution in [2.45, 2.75) is 91.3 Å². The van der Waals surface area contributed by atoms with E-state index in [0.29, 0.717) is 23.9 Å². The maximum atomic E-state index is 12.9. The number of hydrogen-bond donors (Lipinski definition) is 1. The first kappa shape index (κ1) is 23.3. The zero-order valence-corrected chi connectivity index (χ0v) is 18.5. The van der Waals surface area contributed by atoms with Crippen molar-refractivity contribution < 1.29 is 14.3 Å². The summed E-state index contributed by atoms with van der Waals surface area (Å²) in [7, 11) is 0. The summed E-state index contributed by atoms with van der Waals surface area (Å²) in [5.41, 5.74) is 0. The van der Waals surface area contributed by atoms with E-state index in [2.05, 4.69) is 10.2 Å². The normalized spacial score (nSPS) is 27.2. The molecule has 0 spiro atoms. The molecule has 28 heavy (non-hydrogen) atoms. The molecule has 0 bridgehead atoms. The van der Waals surface area contributed by atoms with E-state index in [-0.39, 0.29) is 17.8 Å². The first-order chi connectivity index (χ1) is 13.5. The number of amides is 1. The van der Waals surface area contributed by atoms with Crippen molar-refractivity contribution in [3.63, 3.8) is 0 Å². The SMILES string of the molecule is CC.CC(C)C(=O)C1CCC(C(=O)N2CCC(OC3CCNCC3)CC2)CC1. The van der Waals surface area contributed by atoms with Crippen molar-refractivity contribution in [3.05, 3.63) is 0 Å². The molecule has 0 aromatic heterocycles. The molecule has 2 aliphatic heterocycles. The number of piperidine rings is 2. The van der Waals surface area contributed by atoms with Crippen LogP contribution in [0.25, 0.3) is 0 Å². The van der Waals surface area contributed by atoms with Gasteiger partial charge in [-0.3, -0.25) is 9.59 Å². The maximum absolute atomic E-state index is 12.9. The molecule has 5 heteroatoms. The zero-order chi connectivity index (χ0) is 20.5. The summed E-state index contributed by atoms with van der Waals surface area (Å²) in [6, 6.07) is 0. The second-order valence-corrected chi connectivity index (χ2v) is 8.72. The van der Waals surface area contributed by atoms with Crippen molar-refractivity contribution in [1.82, 2.24) is 10.2 Å². The minimum Gasteiger partial charge on any atom is -0.375 e. The van der Waals surface area contributed by atoms with Crippen molar-refractivity contribution in [1.29, 1.82) is 0 Å². The second kappa shape index (κ2) is 11.9. The molecule has 2 saturated heterocycles. The van der Waals surface area contributed by atoms with Crippen LogP contribution in [0.5, 0.6) is 0 Å². The summed E-state index contributed by atoms with van der Waals surface area (Å²) in [4.78, 5) is 27.1. The number of carbonyl (C=O) groups is 2. The van der Waals surface area contributed by atoms with Gasteiger partial charge in [-0.2, -0.15) is 0 Å². The Hall–Kier alpha value is -0.940. The van der Waals surface area contributed by atoms with Gasteiger partial charge in [-0.05, 0) is 64.5 Å². The molecule has 0 aromatic carbocycles. The van der Waals surface area contributed by atoms with E-state index in [4.69, 9.17) is 4.74 Å². The molecule has 3 rings (SSSR count). The minimum absolute atomic E-state index is 0.117. The fourth-order valence-electron chi connectivity index (χ4n) is 4.77. The molecule has 1 aliphatic carbocycles. The lowest BCUT2D eigenvalue weighted by Gasteiger charge is -2.37. The summed E-state index contributed by atoms with van der Waals surface area (Å²) in [6.07, 6.45) is 8.42. The van der Waals surface area contributed by atoms with Gasteiger partial charge in [0.25, 0.3) is 0 Å². The Morgan fingerprint density at radius 1 is 0.821 bits per heavy atom. The minimum atomic E-state index is 0.117. The zero-order valence-electron chi connectivity index (χ0n) is 18.5. The van der Waals surface area contributed by atoms with Crippen LogP contribution in [0.4, 0.5) is 0 Å². The number of hydrogen-bond acceptors (Lipinski definition) is 4. The smallest absolute Gasteiger partial charge is 0.225 e. The van der Waals surface area contributed by atoms with Crippen LogP contribution >= 0.6 is 0 Å². The van der Waals surface area contributed by atoms with Crippen LogP contribution < -0.4 is 5.32 Å². The molecule has 0 aromatic rings. The average molecular weight is 395 g/mol. The lowest BCUT2D eigenvalue weighted by molar-refractivity contribution is -0.141. The van der Waals surface area contributed by atoms with E-state index in [1.807, 2.05) is 27.7 Å². The quantitative estimate of drug-likeness (QED) is 0.770. The summed E-state index contributed by atoms with van der Waals surface area (Å²) < 4.78 is 6.25. The van der Waals surface area contributed by atoms with Crippen molar-refractivity contribution in [3.8, 4) is 0 Å². The molecular weight excluding hydrogens is 352 g/mol. The van der Waals surface area contributed by atoms with E-state index in [1.165, 1.54) is 0 Å². The van der Waals surface area contributed by atoms with Crippen molar-refractivity contribution >= 4 is 11.7 Å². The summed E-state index contributed by atoms with van der Waals surface area (Å²) in [6.45, 7) is 11.7. The molecular formula is C23H42N2O3. The van der Waals surface area contributed by atoms with Gasteiger partial charge in [0.1, 0.15) is 5.78 Å². The fraction of sp³-hybridized carbons (Fsp3) is 0.913. The highest BCUT2D eigenvalue weighted by Gasteiger charge is 2.34. The highest BCUT2D eigenvalue weighted by molar-refractivity contribution is 5.83. The van der Waals surface area contributed by atoms with Gasteiger partial charge in [-0.15, -0.1) is 0 Å². The van der Waals surface area contributed by atoms with Gasteiger partial charge in [0.05, 0.1) is 12.2 Å². The van der Waals surface area contributed by atoms with Gasteiger partial charge >= 0.3 is 0 Å². The molecule has 2 heterocycles. The number of ketones is 1. The lowest BCUT2D eigenvalue weighted by Crippen LogP contribution is -2.45. The summed E-state index contributed by atoms with van der Waals surface area (Å²) >= 11 is 0. The molecule has 1 N–H and O–H groups in total. The van der Waals surface area contributed by atoms with Gasteiger partial charge in [0, 0.05) is 30.8 Å². The first-order valence-corrected chi connectivity index (χ1v) is 11.7. The predicted molar refractivity (Wildman–Crippen MR) is 113 cm³/mol. The molecule has 1 saturated carbocycles. The summed E-state index contributed by atoms with van der Waals surface area (Å²) in [5, 5.41) is 3.37. The standard InChI is InChI=1S/C21H36N2O3.C2H6/c1-15(2)20(24)16-3-5-17(6-4-16)21(25)23-13-9-19(10-14-23)26-18-7-11-22-12-8-18;1-2/h15-19,22H,3-14H2,1-2H3;1-2H3. The molecule has 3 aliphatic rings. The number of nitrogens with zero attached hydrogens (tertiary/aromatic N) is 1. The highest BCUT2D eigenvalue weighted by atomic mass is 16.5. The van der Waals surface area contributed by atoms with Gasteiger partial charge in [0.2, 0.25) is 5.91 Å². The molecule has 3 fully saturated rings. The van der Waals surface area contributed by atoms with E-state index in [1.54, 1.807) is 0 Å². The maximum Gasteiger partial charge on any atom is 0.225 e. The van der Waals surface area contributed by atoms with E-state index in [9.17, 15) is 9.59 Å². The van der Waals surface area contributed by atoms with Crippen LogP contribution in [-0.2, 0) is 14.3 Å².